The molecule has 3 N–H and O–H groups in total. The minimum Gasteiger partial charge on any atom is -0.497 e. The highest BCUT2D eigenvalue weighted by Crippen LogP contribution is 2.17. The Morgan fingerprint density at radius 3 is 2.79 bits per heavy atom. The summed E-state index contributed by atoms with van der Waals surface area (Å²) < 4.78 is 5.07. The van der Waals surface area contributed by atoms with E-state index in [0.717, 1.165) is 18.5 Å². The van der Waals surface area contributed by atoms with Crippen molar-refractivity contribution in [1.29, 1.82) is 0 Å². The summed E-state index contributed by atoms with van der Waals surface area (Å²) in [5, 5.41) is 14.7. The summed E-state index contributed by atoms with van der Waals surface area (Å²) in [5.41, 5.74) is 1.05. The molecule has 1 amide bonds. The quantitative estimate of drug-likeness (QED) is 0.450. The maximum absolute atomic E-state index is 11.0. The van der Waals surface area contributed by atoms with Gasteiger partial charge in [0.05, 0.1) is 12.7 Å². The summed E-state index contributed by atoms with van der Waals surface area (Å²) in [5.74, 6) is -0.449. The summed E-state index contributed by atoms with van der Waals surface area (Å²) >= 11 is 0. The predicted octanol–water partition coefficient (Wildman–Crippen LogP) is 0.619. The maximum atomic E-state index is 11.0. The van der Waals surface area contributed by atoms with Gasteiger partial charge in [0.15, 0.2) is 0 Å². The Bertz CT molecular complexity index is 435. The van der Waals surface area contributed by atoms with Gasteiger partial charge in [-0.15, -0.1) is 0 Å². The van der Waals surface area contributed by atoms with Gasteiger partial charge in [0, 0.05) is 13.1 Å². The largest absolute Gasteiger partial charge is 0.497 e. The molecule has 6 heteroatoms. The Labute approximate surface area is 111 Å². The second kappa shape index (κ2) is 8.10. The number of ether oxygens (including phenoxy) is 1. The van der Waals surface area contributed by atoms with Crippen LogP contribution in [0.2, 0.25) is 0 Å². The Balaban J connectivity index is 2.50. The highest BCUT2D eigenvalue weighted by atomic mass is 16.5. The lowest BCUT2D eigenvalue weighted by Crippen LogP contribution is -2.20. The van der Waals surface area contributed by atoms with Gasteiger partial charge in [0.1, 0.15) is 5.75 Å². The van der Waals surface area contributed by atoms with E-state index in [1.54, 1.807) is 12.1 Å². The lowest BCUT2D eigenvalue weighted by atomic mass is 10.1. The molecule has 0 fully saturated rings. The first-order valence-electron chi connectivity index (χ1n) is 5.96. The number of carboxylic acids is 1. The van der Waals surface area contributed by atoms with E-state index in [1.165, 1.54) is 13.2 Å². The number of benzene rings is 1. The predicted molar refractivity (Wildman–Crippen MR) is 70.3 cm³/mol. The fourth-order valence-electron chi connectivity index (χ4n) is 1.61. The highest BCUT2D eigenvalue weighted by Gasteiger charge is 2.07. The molecule has 1 aromatic rings. The van der Waals surface area contributed by atoms with Crippen LogP contribution in [0.5, 0.6) is 5.75 Å². The van der Waals surface area contributed by atoms with Crippen molar-refractivity contribution in [1.82, 2.24) is 10.6 Å². The van der Waals surface area contributed by atoms with E-state index in [-0.39, 0.29) is 5.56 Å². The van der Waals surface area contributed by atoms with Gasteiger partial charge >= 0.3 is 5.97 Å². The second-order valence-electron chi connectivity index (χ2n) is 3.98. The average Bonchev–Trinajstić information content (AvgIpc) is 2.42. The third kappa shape index (κ3) is 5.39. The number of nitrogens with one attached hydrogen (secondary N) is 2. The van der Waals surface area contributed by atoms with Crippen molar-refractivity contribution < 1.29 is 19.4 Å². The Kier molecular flexibility index (Phi) is 6.38. The number of amides is 1. The minimum atomic E-state index is -0.977. The second-order valence-corrected chi connectivity index (χ2v) is 3.98. The van der Waals surface area contributed by atoms with Gasteiger partial charge in [-0.05, 0) is 36.7 Å². The monoisotopic (exact) mass is 266 g/mol. The molecule has 0 heterocycles. The molecule has 0 aliphatic heterocycles. The van der Waals surface area contributed by atoms with Crippen LogP contribution in [0.4, 0.5) is 0 Å². The zero-order valence-electron chi connectivity index (χ0n) is 10.8. The molecule has 0 spiro atoms. The normalized spacial score (nSPS) is 9.95. The molecule has 0 saturated heterocycles. The van der Waals surface area contributed by atoms with Crippen LogP contribution in [0.3, 0.4) is 0 Å². The molecule has 0 aromatic heterocycles. The molecule has 0 bridgehead atoms. The topological polar surface area (TPSA) is 87.7 Å². The van der Waals surface area contributed by atoms with E-state index in [1.807, 2.05) is 0 Å². The van der Waals surface area contributed by atoms with Gasteiger partial charge in [-0.25, -0.2) is 4.79 Å². The number of hydrogen-bond acceptors (Lipinski definition) is 4. The summed E-state index contributed by atoms with van der Waals surface area (Å²) in [6.45, 7) is 1.91. The number of hydrogen-bond donors (Lipinski definition) is 3. The smallest absolute Gasteiger partial charge is 0.335 e. The average molecular weight is 266 g/mol. The molecule has 1 rings (SSSR count). The van der Waals surface area contributed by atoms with Gasteiger partial charge in [0.25, 0.3) is 0 Å². The van der Waals surface area contributed by atoms with Crippen molar-refractivity contribution >= 4 is 12.4 Å². The third-order valence-electron chi connectivity index (χ3n) is 2.54. The van der Waals surface area contributed by atoms with Gasteiger partial charge in [-0.1, -0.05) is 0 Å². The summed E-state index contributed by atoms with van der Waals surface area (Å²) in [7, 11) is 1.50. The highest BCUT2D eigenvalue weighted by molar-refractivity contribution is 5.88. The third-order valence-corrected chi connectivity index (χ3v) is 2.54. The van der Waals surface area contributed by atoms with Crippen molar-refractivity contribution in [2.45, 2.75) is 13.0 Å². The summed E-state index contributed by atoms with van der Waals surface area (Å²) in [4.78, 5) is 21.0. The molecule has 0 radical (unpaired) electrons. The number of aromatic carboxylic acids is 1. The Morgan fingerprint density at radius 1 is 1.37 bits per heavy atom. The van der Waals surface area contributed by atoms with E-state index in [0.29, 0.717) is 25.2 Å². The zero-order chi connectivity index (χ0) is 14.1. The first-order chi connectivity index (χ1) is 9.17. The van der Waals surface area contributed by atoms with Gasteiger partial charge in [-0.2, -0.15) is 0 Å². The number of methoxy groups -OCH3 is 1. The van der Waals surface area contributed by atoms with Crippen LogP contribution in [0, 0.1) is 0 Å². The van der Waals surface area contributed by atoms with Crippen LogP contribution in [0.25, 0.3) is 0 Å². The van der Waals surface area contributed by atoms with Crippen LogP contribution in [0.15, 0.2) is 18.2 Å². The van der Waals surface area contributed by atoms with Gasteiger partial charge < -0.3 is 20.5 Å². The molecule has 0 saturated carbocycles. The molecule has 0 unspecified atom stereocenters. The fourth-order valence-corrected chi connectivity index (χ4v) is 1.61. The van der Waals surface area contributed by atoms with Crippen LogP contribution in [-0.2, 0) is 11.3 Å². The lowest BCUT2D eigenvalue weighted by Gasteiger charge is -2.08. The van der Waals surface area contributed by atoms with Crippen molar-refractivity contribution in [3.63, 3.8) is 0 Å². The van der Waals surface area contributed by atoms with E-state index in [4.69, 9.17) is 9.84 Å². The molecule has 0 aliphatic carbocycles. The molecule has 19 heavy (non-hydrogen) atoms. The van der Waals surface area contributed by atoms with Crippen LogP contribution in [0.1, 0.15) is 22.3 Å². The van der Waals surface area contributed by atoms with Crippen molar-refractivity contribution in [2.24, 2.45) is 0 Å². The maximum Gasteiger partial charge on any atom is 0.335 e. The number of carbonyl (C=O) groups is 2. The summed E-state index contributed by atoms with van der Waals surface area (Å²) in [6, 6.07) is 4.89. The van der Waals surface area contributed by atoms with Gasteiger partial charge in [-0.3, -0.25) is 4.79 Å². The zero-order valence-corrected chi connectivity index (χ0v) is 10.8. The Hall–Kier alpha value is -2.08. The van der Waals surface area contributed by atoms with Crippen LogP contribution >= 0.6 is 0 Å². The van der Waals surface area contributed by atoms with Gasteiger partial charge in [0.2, 0.25) is 6.41 Å². The van der Waals surface area contributed by atoms with Crippen LogP contribution in [-0.4, -0.2) is 37.7 Å². The molecule has 0 atom stereocenters. The standard InChI is InChI=1S/C13H18N2O4/c1-19-12-6-10(5-11(7-12)13(17)18)8-14-3-2-4-15-9-16/h5-7,9,14H,2-4,8H2,1H3,(H,15,16)(H,17,18). The molecule has 0 aliphatic rings. The van der Waals surface area contributed by atoms with E-state index >= 15 is 0 Å². The van der Waals surface area contributed by atoms with Crippen molar-refractivity contribution in [3.8, 4) is 5.75 Å². The SMILES string of the molecule is COc1cc(CNCCCNC=O)cc(C(=O)O)c1. The van der Waals surface area contributed by atoms with Crippen LogP contribution < -0.4 is 15.4 Å². The van der Waals surface area contributed by atoms with Crippen molar-refractivity contribution in [3.05, 3.63) is 29.3 Å². The number of rotatable bonds is 9. The fraction of sp³-hybridized carbons (Fsp3) is 0.385. The first kappa shape index (κ1) is 15.0. The molecular weight excluding hydrogens is 248 g/mol. The number of carboxylic acid groups (broad SMARTS) is 1. The number of carbonyl (C=O) groups excluding carboxylic acids is 1. The van der Waals surface area contributed by atoms with E-state index in [2.05, 4.69) is 10.6 Å². The molecule has 6 nitrogen and oxygen atoms in total. The molecular formula is C13H18N2O4. The molecule has 104 valence electrons. The van der Waals surface area contributed by atoms with E-state index < -0.39 is 5.97 Å². The minimum absolute atomic E-state index is 0.207. The molecule has 1 aromatic carbocycles. The Morgan fingerprint density at radius 2 is 2.16 bits per heavy atom. The lowest BCUT2D eigenvalue weighted by molar-refractivity contribution is -0.109. The first-order valence-corrected chi connectivity index (χ1v) is 5.96. The summed E-state index contributed by atoms with van der Waals surface area (Å²) in [6.07, 6.45) is 1.48. The van der Waals surface area contributed by atoms with Crippen molar-refractivity contribution in [2.75, 3.05) is 20.2 Å². The van der Waals surface area contributed by atoms with E-state index in [9.17, 15) is 9.59 Å².